The number of hydrogen-bond donors (Lipinski definition) is 3. The zero-order chi connectivity index (χ0) is 34.6. The fourth-order valence-electron chi connectivity index (χ4n) is 2.72. The minimum atomic E-state index is -5.07. The lowest BCUT2D eigenvalue weighted by Gasteiger charge is -2.35. The van der Waals surface area contributed by atoms with Gasteiger partial charge in [0.05, 0.1) is 41.6 Å². The molecule has 0 aromatic carbocycles. The van der Waals surface area contributed by atoms with Crippen LogP contribution in [-0.4, -0.2) is 87.4 Å². The maximum atomic E-state index is 13.2. The summed E-state index contributed by atoms with van der Waals surface area (Å²) >= 11 is 0. The van der Waals surface area contributed by atoms with Gasteiger partial charge in [-0.1, -0.05) is 0 Å². The highest BCUT2D eigenvalue weighted by molar-refractivity contribution is 5.81. The number of amides is 1. The minimum absolute atomic E-state index is 0.129. The van der Waals surface area contributed by atoms with Crippen LogP contribution < -0.4 is 15.8 Å². The predicted octanol–water partition coefficient (Wildman–Crippen LogP) is 1.12. The van der Waals surface area contributed by atoms with Crippen LogP contribution in [0, 0.1) is 0 Å². The molecule has 1 aliphatic rings. The molecule has 2 aromatic rings. The van der Waals surface area contributed by atoms with Crippen LogP contribution in [0.3, 0.4) is 0 Å². The summed E-state index contributed by atoms with van der Waals surface area (Å²) in [7, 11) is 0. The van der Waals surface area contributed by atoms with Crippen molar-refractivity contribution in [1.29, 1.82) is 0 Å². The number of piperazine rings is 1. The highest BCUT2D eigenvalue weighted by Gasteiger charge is 2.37. The number of aliphatic hydroxyl groups is 1. The van der Waals surface area contributed by atoms with Gasteiger partial charge in [-0.25, -0.2) is 15.1 Å². The molecule has 0 unspecified atom stereocenters. The molecule has 11 nitrogen and oxygen atoms in total. The third kappa shape index (κ3) is 7.28. The van der Waals surface area contributed by atoms with Gasteiger partial charge in [0, 0.05) is 44.4 Å². The van der Waals surface area contributed by atoms with E-state index >= 15 is 0 Å². The Hall–Kier alpha value is -3.47. The number of carbonyl (C=O) groups excluding carboxylic acids is 1. The van der Waals surface area contributed by atoms with Gasteiger partial charge < -0.3 is 25.0 Å². The molecule has 0 aliphatic carbocycles. The highest BCUT2D eigenvalue weighted by Crippen LogP contribution is 2.31. The molecule has 1 amide bonds. The first kappa shape index (κ1) is 18.7. The van der Waals surface area contributed by atoms with Crippen LogP contribution in [0.5, 0.6) is 0 Å². The van der Waals surface area contributed by atoms with Gasteiger partial charge in [0.1, 0.15) is 5.56 Å². The molecule has 3 heterocycles. The van der Waals surface area contributed by atoms with Crippen molar-refractivity contribution in [3.05, 3.63) is 40.1 Å². The summed E-state index contributed by atoms with van der Waals surface area (Å²) in [4.78, 5) is 30.3. The van der Waals surface area contributed by atoms with Crippen LogP contribution in [-0.2, 0) is 21.9 Å². The summed E-state index contributed by atoms with van der Waals surface area (Å²) in [6.45, 7) is -15.7. The Balaban J connectivity index is 1.81. The first-order chi connectivity index (χ1) is 20.3. The second kappa shape index (κ2) is 11.3. The molecular formula is C20H23F6N7O4. The maximum Gasteiger partial charge on any atom is 0.423 e. The highest BCUT2D eigenvalue weighted by atomic mass is 19.4. The molecule has 3 N–H and O–H groups in total. The number of aromatic nitrogens is 4. The molecule has 1 aliphatic heterocycles. The molecule has 37 heavy (non-hydrogen) atoms. The largest absolute Gasteiger partial charge is 0.423 e. The standard InChI is InChI=1S/C20H23F6N7O4/c1-11(30-13-8-29-31-16(35)15(13)20(24,25)26)9-37-10-14(34)17(36)32-2-4-33(5-3-32)18-27-6-12(7-28-18)19(21,22)23/h6-8,11,14,34H,2-5,9-10H2,1H3,(H2,30,31,35)/t11-,14-/m0/s1/i2D2,3D2,4D2,5D2. The fourth-order valence-corrected chi connectivity index (χ4v) is 2.72. The molecule has 2 atom stereocenters. The average Bonchev–Trinajstić information content (AvgIpc) is 2.86. The van der Waals surface area contributed by atoms with E-state index in [-0.39, 0.29) is 17.3 Å². The molecule has 1 fully saturated rings. The minimum Gasteiger partial charge on any atom is -0.381 e. The quantitative estimate of drug-likeness (QED) is 0.416. The number of alkyl halides is 6. The number of rotatable bonds is 8. The third-order valence-corrected chi connectivity index (χ3v) is 4.40. The lowest BCUT2D eigenvalue weighted by Crippen LogP contribution is -2.52. The van der Waals surface area contributed by atoms with E-state index in [1.165, 1.54) is 6.92 Å². The molecule has 3 rings (SSSR count). The van der Waals surface area contributed by atoms with Gasteiger partial charge in [-0.2, -0.15) is 31.4 Å². The number of aromatic amines is 1. The van der Waals surface area contributed by atoms with E-state index in [9.17, 15) is 41.0 Å². The summed E-state index contributed by atoms with van der Waals surface area (Å²) in [5.74, 6) is -3.13. The van der Waals surface area contributed by atoms with E-state index < -0.39 is 103 Å². The lowest BCUT2D eigenvalue weighted by atomic mass is 10.2. The molecule has 0 radical (unpaired) electrons. The van der Waals surface area contributed by atoms with Crippen LogP contribution in [0.4, 0.5) is 38.0 Å². The van der Waals surface area contributed by atoms with Crippen LogP contribution >= 0.6 is 0 Å². The van der Waals surface area contributed by atoms with E-state index in [0.29, 0.717) is 6.20 Å². The zero-order valence-electron chi connectivity index (χ0n) is 26.5. The predicted molar refractivity (Wildman–Crippen MR) is 116 cm³/mol. The van der Waals surface area contributed by atoms with Crippen molar-refractivity contribution >= 4 is 17.5 Å². The Morgan fingerprint density at radius 2 is 1.76 bits per heavy atom. The summed E-state index contributed by atoms with van der Waals surface area (Å²) in [5.41, 5.74) is -5.32. The third-order valence-electron chi connectivity index (χ3n) is 4.40. The van der Waals surface area contributed by atoms with Crippen LogP contribution in [0.25, 0.3) is 0 Å². The van der Waals surface area contributed by atoms with Gasteiger partial charge >= 0.3 is 12.4 Å². The summed E-state index contributed by atoms with van der Waals surface area (Å²) in [6, 6.07) is -1.05. The average molecular weight is 547 g/mol. The Bertz CT molecular complexity index is 1430. The second-order valence-corrected chi connectivity index (χ2v) is 7.31. The smallest absolute Gasteiger partial charge is 0.381 e. The van der Waals surface area contributed by atoms with Gasteiger partial charge in [-0.3, -0.25) is 9.59 Å². The van der Waals surface area contributed by atoms with Crippen molar-refractivity contribution in [3.8, 4) is 0 Å². The normalized spacial score (nSPS) is 25.1. The van der Waals surface area contributed by atoms with Gasteiger partial charge in [0.25, 0.3) is 11.5 Å². The Morgan fingerprint density at radius 1 is 1.14 bits per heavy atom. The summed E-state index contributed by atoms with van der Waals surface area (Å²) in [6.07, 6.45) is -11.6. The van der Waals surface area contributed by atoms with Gasteiger partial charge in [0.2, 0.25) is 5.95 Å². The van der Waals surface area contributed by atoms with E-state index in [0.717, 1.165) is 0 Å². The SMILES string of the molecule is [2H]C1([2H])N(C(=O)[C@@H](O)COC[C@H](C)Nc2cn[nH]c(=O)c2C(F)(F)F)C([2H])([2H])C([2H])([2H])N(c2ncc(C(F)(F)F)cn2)C1([2H])[2H]. The Labute approximate surface area is 216 Å². The van der Waals surface area contributed by atoms with Gasteiger partial charge in [-0.05, 0) is 6.92 Å². The fraction of sp³-hybridized carbons (Fsp3) is 0.550. The first-order valence-electron chi connectivity index (χ1n) is 14.0. The van der Waals surface area contributed by atoms with E-state index in [2.05, 4.69) is 20.4 Å². The molecular weight excluding hydrogens is 516 g/mol. The van der Waals surface area contributed by atoms with Crippen LogP contribution in [0.2, 0.25) is 0 Å². The Morgan fingerprint density at radius 3 is 2.32 bits per heavy atom. The number of halogens is 6. The van der Waals surface area contributed by atoms with Crippen molar-refractivity contribution in [3.63, 3.8) is 0 Å². The number of H-pyrrole nitrogens is 1. The molecule has 1 saturated heterocycles. The van der Waals surface area contributed by atoms with Crippen molar-refractivity contribution in [2.75, 3.05) is 49.4 Å². The Kier molecular flexibility index (Phi) is 5.71. The molecule has 0 bridgehead atoms. The molecule has 0 saturated carbocycles. The van der Waals surface area contributed by atoms with E-state index in [1.807, 2.05) is 0 Å². The van der Waals surface area contributed by atoms with Gasteiger partial charge in [-0.15, -0.1) is 0 Å². The van der Waals surface area contributed by atoms with E-state index in [1.54, 1.807) is 5.10 Å². The van der Waals surface area contributed by atoms with E-state index in [4.69, 9.17) is 15.7 Å². The van der Waals surface area contributed by atoms with Crippen molar-refractivity contribution in [1.82, 2.24) is 25.1 Å². The topological polar surface area (TPSA) is 137 Å². The van der Waals surface area contributed by atoms with Crippen molar-refractivity contribution < 1.29 is 51.9 Å². The number of carbonyl (C=O) groups is 1. The van der Waals surface area contributed by atoms with Crippen LogP contribution in [0.15, 0.2) is 23.4 Å². The zero-order valence-corrected chi connectivity index (χ0v) is 18.5. The number of anilines is 2. The lowest BCUT2D eigenvalue weighted by molar-refractivity contribution is -0.144. The summed E-state index contributed by atoms with van der Waals surface area (Å²) < 4.78 is 150. The van der Waals surface area contributed by atoms with Crippen LogP contribution in [0.1, 0.15) is 29.0 Å². The first-order valence-corrected chi connectivity index (χ1v) is 10.0. The number of ether oxygens (including phenoxy) is 1. The molecule has 17 heteroatoms. The number of aliphatic hydroxyl groups excluding tert-OH is 1. The van der Waals surface area contributed by atoms with Gasteiger partial charge in [0.15, 0.2) is 6.10 Å². The maximum absolute atomic E-state index is 13.2. The van der Waals surface area contributed by atoms with Crippen molar-refractivity contribution in [2.45, 2.75) is 31.4 Å². The van der Waals surface area contributed by atoms with Crippen molar-refractivity contribution in [2.24, 2.45) is 0 Å². The monoisotopic (exact) mass is 547 g/mol. The second-order valence-electron chi connectivity index (χ2n) is 7.31. The number of nitrogens with zero attached hydrogens (tertiary/aromatic N) is 5. The number of hydrogen-bond acceptors (Lipinski definition) is 9. The summed E-state index contributed by atoms with van der Waals surface area (Å²) in [5, 5.41) is 17.6. The number of nitrogens with one attached hydrogen (secondary N) is 2. The molecule has 2 aromatic heterocycles. The molecule has 0 spiro atoms. The molecule has 204 valence electrons.